The van der Waals surface area contributed by atoms with Crippen molar-refractivity contribution in [3.8, 4) is 0 Å². The lowest BCUT2D eigenvalue weighted by Crippen LogP contribution is -2.00. The summed E-state index contributed by atoms with van der Waals surface area (Å²) in [5, 5.41) is 19.5. The Balaban J connectivity index is 2.64. The van der Waals surface area contributed by atoms with Crippen LogP contribution in [-0.4, -0.2) is 25.4 Å². The number of nitro groups is 1. The van der Waals surface area contributed by atoms with E-state index in [1.54, 1.807) is 19.1 Å². The Labute approximate surface area is 95.5 Å². The van der Waals surface area contributed by atoms with E-state index >= 15 is 0 Å². The maximum absolute atomic E-state index is 10.9. The van der Waals surface area contributed by atoms with E-state index < -0.39 is 10.9 Å². The van der Waals surface area contributed by atoms with Crippen molar-refractivity contribution in [3.63, 3.8) is 0 Å². The summed E-state index contributed by atoms with van der Waals surface area (Å²) in [7, 11) is 0. The largest absolute Gasteiger partial charge is 0.481 e. The van der Waals surface area contributed by atoms with E-state index in [0.717, 1.165) is 0 Å². The quantitative estimate of drug-likeness (QED) is 0.636. The summed E-state index contributed by atoms with van der Waals surface area (Å²) in [5.74, 6) is -1.11. The maximum atomic E-state index is 10.9. The molecule has 0 amide bonds. The Morgan fingerprint density at radius 3 is 2.88 bits per heavy atom. The zero-order valence-corrected chi connectivity index (χ0v) is 8.95. The third kappa shape index (κ3) is 1.94. The Kier molecular flexibility index (Phi) is 2.51. The lowest BCUT2D eigenvalue weighted by molar-refractivity contribution is -0.391. The van der Waals surface area contributed by atoms with Gasteiger partial charge < -0.3 is 15.2 Å². The summed E-state index contributed by atoms with van der Waals surface area (Å²) in [6.07, 6.45) is 1.13. The lowest BCUT2D eigenvalue weighted by atomic mass is 10.3. The SMILES string of the molecule is Cc1ccc2nc(CC(=O)O)cn2c1[N+](=O)[O-]. The molecule has 2 rings (SSSR count). The Morgan fingerprint density at radius 2 is 2.29 bits per heavy atom. The third-order valence-corrected chi connectivity index (χ3v) is 2.35. The van der Waals surface area contributed by atoms with Crippen molar-refractivity contribution in [2.45, 2.75) is 13.3 Å². The van der Waals surface area contributed by atoms with E-state index in [9.17, 15) is 14.9 Å². The Bertz CT molecular complexity index is 617. The van der Waals surface area contributed by atoms with Crippen molar-refractivity contribution >= 4 is 17.4 Å². The first-order valence-electron chi connectivity index (χ1n) is 4.83. The van der Waals surface area contributed by atoms with Crippen LogP contribution in [-0.2, 0) is 11.2 Å². The third-order valence-electron chi connectivity index (χ3n) is 2.35. The fraction of sp³-hybridized carbons (Fsp3) is 0.200. The number of imidazole rings is 1. The minimum atomic E-state index is -1.02. The standard InChI is InChI=1S/C10H9N3O4/c1-6-2-3-8-11-7(4-9(14)15)5-12(8)10(6)13(16)17/h2-3,5H,4H2,1H3,(H,14,15). The second-order valence-electron chi connectivity index (χ2n) is 3.63. The van der Waals surface area contributed by atoms with Gasteiger partial charge in [0.15, 0.2) is 0 Å². The van der Waals surface area contributed by atoms with E-state index in [1.165, 1.54) is 10.6 Å². The molecule has 7 nitrogen and oxygen atoms in total. The molecule has 0 unspecified atom stereocenters. The average Bonchev–Trinajstić information content (AvgIpc) is 2.57. The van der Waals surface area contributed by atoms with Crippen LogP contribution in [0.4, 0.5) is 5.82 Å². The number of aryl methyl sites for hydroxylation is 1. The highest BCUT2D eigenvalue weighted by molar-refractivity contribution is 5.70. The zero-order valence-electron chi connectivity index (χ0n) is 8.95. The molecule has 0 saturated carbocycles. The second kappa shape index (κ2) is 3.85. The van der Waals surface area contributed by atoms with Gasteiger partial charge in [-0.1, -0.05) is 0 Å². The van der Waals surface area contributed by atoms with Gasteiger partial charge >= 0.3 is 11.8 Å². The number of pyridine rings is 1. The highest BCUT2D eigenvalue weighted by Crippen LogP contribution is 2.20. The zero-order chi connectivity index (χ0) is 12.6. The number of carbonyl (C=O) groups is 1. The second-order valence-corrected chi connectivity index (χ2v) is 3.63. The molecule has 0 radical (unpaired) electrons. The Morgan fingerprint density at radius 1 is 1.59 bits per heavy atom. The summed E-state index contributed by atoms with van der Waals surface area (Å²) < 4.78 is 1.30. The van der Waals surface area contributed by atoms with E-state index in [4.69, 9.17) is 5.11 Å². The monoisotopic (exact) mass is 235 g/mol. The molecular formula is C10H9N3O4. The van der Waals surface area contributed by atoms with Crippen molar-refractivity contribution in [2.75, 3.05) is 0 Å². The van der Waals surface area contributed by atoms with Gasteiger partial charge in [-0.05, 0) is 17.9 Å². The van der Waals surface area contributed by atoms with Crippen molar-refractivity contribution < 1.29 is 14.8 Å². The molecule has 88 valence electrons. The molecule has 2 aromatic rings. The molecule has 0 aliphatic heterocycles. The topological polar surface area (TPSA) is 97.7 Å². The fourth-order valence-electron chi connectivity index (χ4n) is 1.67. The maximum Gasteiger partial charge on any atom is 0.332 e. The molecule has 2 aromatic heterocycles. The normalized spacial score (nSPS) is 10.6. The molecule has 0 bridgehead atoms. The Hall–Kier alpha value is -2.44. The number of aliphatic carboxylic acids is 1. The van der Waals surface area contributed by atoms with Crippen LogP contribution >= 0.6 is 0 Å². The lowest BCUT2D eigenvalue weighted by Gasteiger charge is -1.99. The molecular weight excluding hydrogens is 226 g/mol. The molecule has 0 saturated heterocycles. The molecule has 1 N–H and O–H groups in total. The van der Waals surface area contributed by atoms with E-state index in [-0.39, 0.29) is 12.2 Å². The smallest absolute Gasteiger partial charge is 0.332 e. The van der Waals surface area contributed by atoms with Crippen LogP contribution in [0.1, 0.15) is 11.3 Å². The molecule has 0 aliphatic carbocycles. The molecule has 17 heavy (non-hydrogen) atoms. The number of nitrogens with zero attached hydrogens (tertiary/aromatic N) is 3. The van der Waals surface area contributed by atoms with Crippen molar-refractivity contribution in [1.29, 1.82) is 0 Å². The van der Waals surface area contributed by atoms with E-state index in [1.807, 2.05) is 0 Å². The summed E-state index contributed by atoms with van der Waals surface area (Å²) in [6.45, 7) is 1.62. The predicted molar refractivity (Wildman–Crippen MR) is 57.9 cm³/mol. The highest BCUT2D eigenvalue weighted by Gasteiger charge is 2.18. The van der Waals surface area contributed by atoms with Gasteiger partial charge in [0.1, 0.15) is 6.20 Å². The first kappa shape index (κ1) is 11.1. The fourth-order valence-corrected chi connectivity index (χ4v) is 1.67. The molecule has 0 spiro atoms. The van der Waals surface area contributed by atoms with Gasteiger partial charge in [-0.25, -0.2) is 4.98 Å². The first-order valence-corrected chi connectivity index (χ1v) is 4.83. The predicted octanol–water partition coefficient (Wildman–Crippen LogP) is 1.18. The molecule has 0 fully saturated rings. The number of carboxylic acids is 1. The van der Waals surface area contributed by atoms with Crippen LogP contribution < -0.4 is 0 Å². The van der Waals surface area contributed by atoms with E-state index in [0.29, 0.717) is 16.9 Å². The van der Waals surface area contributed by atoms with Gasteiger partial charge in [0, 0.05) is 11.6 Å². The van der Waals surface area contributed by atoms with Crippen LogP contribution in [0.15, 0.2) is 18.3 Å². The number of rotatable bonds is 3. The first-order chi connectivity index (χ1) is 7.99. The van der Waals surface area contributed by atoms with Crippen LogP contribution in [0.2, 0.25) is 0 Å². The molecule has 0 atom stereocenters. The van der Waals surface area contributed by atoms with Gasteiger partial charge in [0.05, 0.1) is 12.1 Å². The van der Waals surface area contributed by atoms with Crippen LogP contribution in [0.25, 0.3) is 5.65 Å². The van der Waals surface area contributed by atoms with Gasteiger partial charge in [-0.15, -0.1) is 0 Å². The molecule has 0 aliphatic rings. The minimum absolute atomic E-state index is 0.0911. The molecule has 2 heterocycles. The number of aromatic nitrogens is 2. The van der Waals surface area contributed by atoms with Crippen molar-refractivity contribution in [1.82, 2.24) is 9.38 Å². The summed E-state index contributed by atoms with van der Waals surface area (Å²) >= 11 is 0. The molecule has 0 aromatic carbocycles. The summed E-state index contributed by atoms with van der Waals surface area (Å²) in [4.78, 5) is 25.0. The van der Waals surface area contributed by atoms with Gasteiger partial charge in [-0.3, -0.25) is 4.79 Å². The number of hydrogen-bond acceptors (Lipinski definition) is 4. The average molecular weight is 235 g/mol. The molecule has 7 heteroatoms. The number of hydrogen-bond donors (Lipinski definition) is 1. The highest BCUT2D eigenvalue weighted by atomic mass is 16.6. The van der Waals surface area contributed by atoms with Crippen LogP contribution in [0.3, 0.4) is 0 Å². The van der Waals surface area contributed by atoms with Crippen LogP contribution in [0, 0.1) is 17.0 Å². The van der Waals surface area contributed by atoms with Crippen molar-refractivity contribution in [2.24, 2.45) is 0 Å². The van der Waals surface area contributed by atoms with Gasteiger partial charge in [-0.2, -0.15) is 4.40 Å². The summed E-state index contributed by atoms with van der Waals surface area (Å²) in [5.41, 5.74) is 1.17. The van der Waals surface area contributed by atoms with Crippen molar-refractivity contribution in [3.05, 3.63) is 39.7 Å². The van der Waals surface area contributed by atoms with E-state index in [2.05, 4.69) is 4.98 Å². The van der Waals surface area contributed by atoms with Gasteiger partial charge in [0.2, 0.25) is 5.65 Å². The minimum Gasteiger partial charge on any atom is -0.481 e. The van der Waals surface area contributed by atoms with Crippen LogP contribution in [0.5, 0.6) is 0 Å². The summed E-state index contributed by atoms with van der Waals surface area (Å²) in [6, 6.07) is 3.21. The number of carboxylic acid groups (broad SMARTS) is 1. The van der Waals surface area contributed by atoms with Gasteiger partial charge in [0.25, 0.3) is 0 Å². The number of fused-ring (bicyclic) bond motifs is 1.